The average Bonchev–Trinajstić information content (AvgIpc) is 2.61. The third kappa shape index (κ3) is 5.45. The summed E-state index contributed by atoms with van der Waals surface area (Å²) in [5, 5.41) is 0. The van der Waals surface area contributed by atoms with Gasteiger partial charge in [0.15, 0.2) is 6.61 Å². The van der Waals surface area contributed by atoms with Crippen molar-refractivity contribution in [3.63, 3.8) is 0 Å². The van der Waals surface area contributed by atoms with E-state index in [9.17, 15) is 22.4 Å². The molecule has 2 aromatic carbocycles. The largest absolute Gasteiger partial charge is 0.456 e. The van der Waals surface area contributed by atoms with E-state index < -0.39 is 35.0 Å². The number of halogens is 1. The van der Waals surface area contributed by atoms with Crippen molar-refractivity contribution >= 4 is 21.8 Å². The maximum Gasteiger partial charge on any atom is 0.321 e. The molecular weight excluding hydrogens is 373 g/mol. The minimum Gasteiger partial charge on any atom is -0.456 e. The molecule has 0 fully saturated rings. The highest BCUT2D eigenvalue weighted by Gasteiger charge is 2.18. The number of esters is 1. The number of ether oxygens (including phenoxy) is 1. The van der Waals surface area contributed by atoms with Crippen molar-refractivity contribution in [2.24, 2.45) is 0 Å². The number of aryl methyl sites for hydroxylation is 3. The number of Topliss-reactive ketones (excluding diaryl/α,β-unsaturated/α-hetero) is 1. The number of carbonyl (C=O) groups is 2. The SMILES string of the molecule is Cc1cc(C)c(C(=O)COC(=O)CNS(=O)(=O)c2ccc(F)cc2)cc1C. The monoisotopic (exact) mass is 393 g/mol. The Morgan fingerprint density at radius 3 is 2.22 bits per heavy atom. The van der Waals surface area contributed by atoms with Gasteiger partial charge in [-0.05, 0) is 67.8 Å². The quantitative estimate of drug-likeness (QED) is 0.577. The summed E-state index contributed by atoms with van der Waals surface area (Å²) in [5.74, 6) is -1.84. The average molecular weight is 393 g/mol. The van der Waals surface area contributed by atoms with Crippen molar-refractivity contribution in [2.75, 3.05) is 13.2 Å². The van der Waals surface area contributed by atoms with Gasteiger partial charge in [0, 0.05) is 5.56 Å². The highest BCUT2D eigenvalue weighted by Crippen LogP contribution is 2.16. The number of carbonyl (C=O) groups excluding carboxylic acids is 2. The highest BCUT2D eigenvalue weighted by atomic mass is 32.2. The van der Waals surface area contributed by atoms with Gasteiger partial charge in [-0.2, -0.15) is 4.72 Å². The molecule has 0 saturated carbocycles. The van der Waals surface area contributed by atoms with Gasteiger partial charge >= 0.3 is 5.97 Å². The summed E-state index contributed by atoms with van der Waals surface area (Å²) in [5.41, 5.74) is 3.23. The van der Waals surface area contributed by atoms with Crippen LogP contribution >= 0.6 is 0 Å². The lowest BCUT2D eigenvalue weighted by Crippen LogP contribution is -2.31. The van der Waals surface area contributed by atoms with E-state index in [-0.39, 0.29) is 10.7 Å². The van der Waals surface area contributed by atoms with Crippen LogP contribution < -0.4 is 4.72 Å². The lowest BCUT2D eigenvalue weighted by molar-refractivity contribution is -0.141. The van der Waals surface area contributed by atoms with Crippen LogP contribution in [0.3, 0.4) is 0 Å². The van der Waals surface area contributed by atoms with E-state index in [2.05, 4.69) is 0 Å². The smallest absolute Gasteiger partial charge is 0.321 e. The maximum absolute atomic E-state index is 12.9. The van der Waals surface area contributed by atoms with Crippen LogP contribution in [0.25, 0.3) is 0 Å². The van der Waals surface area contributed by atoms with Crippen molar-refractivity contribution in [1.82, 2.24) is 4.72 Å². The second-order valence-electron chi connectivity index (χ2n) is 6.11. The molecule has 2 aromatic rings. The third-order valence-electron chi connectivity index (χ3n) is 4.04. The minimum atomic E-state index is -3.98. The molecule has 0 bridgehead atoms. The first-order chi connectivity index (χ1) is 12.6. The molecule has 0 aliphatic heterocycles. The number of nitrogens with one attached hydrogen (secondary N) is 1. The third-order valence-corrected chi connectivity index (χ3v) is 5.45. The predicted octanol–water partition coefficient (Wildman–Crippen LogP) is 2.46. The molecule has 0 radical (unpaired) electrons. The molecule has 0 aliphatic carbocycles. The number of benzene rings is 2. The van der Waals surface area contributed by atoms with Crippen molar-refractivity contribution < 1.29 is 27.1 Å². The van der Waals surface area contributed by atoms with Crippen LogP contribution in [-0.4, -0.2) is 33.3 Å². The number of hydrogen-bond acceptors (Lipinski definition) is 5. The van der Waals surface area contributed by atoms with Crippen molar-refractivity contribution in [3.05, 3.63) is 64.5 Å². The normalized spacial score (nSPS) is 11.3. The lowest BCUT2D eigenvalue weighted by Gasteiger charge is -2.10. The first-order valence-corrected chi connectivity index (χ1v) is 9.60. The Labute approximate surface area is 157 Å². The van der Waals surface area contributed by atoms with Crippen LogP contribution in [0.5, 0.6) is 0 Å². The summed E-state index contributed by atoms with van der Waals surface area (Å²) < 4.78 is 43.8. The molecule has 0 spiro atoms. The molecule has 6 nitrogen and oxygen atoms in total. The van der Waals surface area contributed by atoms with E-state index in [1.165, 1.54) is 0 Å². The van der Waals surface area contributed by atoms with Crippen molar-refractivity contribution in [1.29, 1.82) is 0 Å². The zero-order valence-electron chi connectivity index (χ0n) is 15.2. The number of sulfonamides is 1. The van der Waals surface area contributed by atoms with Gasteiger partial charge in [0.05, 0.1) is 4.90 Å². The van der Waals surface area contributed by atoms with Gasteiger partial charge in [0.25, 0.3) is 0 Å². The van der Waals surface area contributed by atoms with Gasteiger partial charge in [0.2, 0.25) is 15.8 Å². The standard InChI is InChI=1S/C19H20FNO5S/c1-12-8-14(3)17(9-13(12)2)18(22)11-26-19(23)10-21-27(24,25)16-6-4-15(20)5-7-16/h4-9,21H,10-11H2,1-3H3. The summed E-state index contributed by atoms with van der Waals surface area (Å²) >= 11 is 0. The Morgan fingerprint density at radius 1 is 1.00 bits per heavy atom. The van der Waals surface area contributed by atoms with Gasteiger partial charge < -0.3 is 4.74 Å². The summed E-state index contributed by atoms with van der Waals surface area (Å²) in [6.07, 6.45) is 0. The summed E-state index contributed by atoms with van der Waals surface area (Å²) in [7, 11) is -3.98. The van der Waals surface area contributed by atoms with Crippen LogP contribution in [0, 0.1) is 26.6 Å². The molecule has 0 aliphatic rings. The Hall–Kier alpha value is -2.58. The van der Waals surface area contributed by atoms with Crippen LogP contribution in [0.1, 0.15) is 27.0 Å². The van der Waals surface area contributed by atoms with E-state index in [1.807, 2.05) is 24.6 Å². The fourth-order valence-corrected chi connectivity index (χ4v) is 3.36. The maximum atomic E-state index is 12.9. The van der Waals surface area contributed by atoms with Crippen LogP contribution in [0.4, 0.5) is 4.39 Å². The predicted molar refractivity (Wildman–Crippen MR) is 97.5 cm³/mol. The van der Waals surface area contributed by atoms with Gasteiger partial charge in [-0.15, -0.1) is 0 Å². The van der Waals surface area contributed by atoms with Crippen LogP contribution in [0.15, 0.2) is 41.3 Å². The fraction of sp³-hybridized carbons (Fsp3) is 0.263. The van der Waals surface area contributed by atoms with Gasteiger partial charge in [-0.3, -0.25) is 9.59 Å². The zero-order valence-corrected chi connectivity index (χ0v) is 16.0. The molecule has 0 aromatic heterocycles. The molecular formula is C19H20FNO5S. The van der Waals surface area contributed by atoms with Gasteiger partial charge in [-0.25, -0.2) is 12.8 Å². The first kappa shape index (κ1) is 20.7. The molecule has 1 N–H and O–H groups in total. The molecule has 8 heteroatoms. The summed E-state index contributed by atoms with van der Waals surface area (Å²) in [6.45, 7) is 4.48. The van der Waals surface area contributed by atoms with Gasteiger partial charge in [-0.1, -0.05) is 6.07 Å². The number of ketones is 1. The Bertz CT molecular complexity index is 968. The van der Waals surface area contributed by atoms with E-state index in [1.54, 1.807) is 13.0 Å². The Morgan fingerprint density at radius 2 is 1.59 bits per heavy atom. The second-order valence-corrected chi connectivity index (χ2v) is 7.88. The van der Waals surface area contributed by atoms with Crippen LogP contribution in [0.2, 0.25) is 0 Å². The van der Waals surface area contributed by atoms with Crippen molar-refractivity contribution in [3.8, 4) is 0 Å². The molecule has 0 unspecified atom stereocenters. The lowest BCUT2D eigenvalue weighted by atomic mass is 9.98. The topological polar surface area (TPSA) is 89.5 Å². The van der Waals surface area contributed by atoms with E-state index >= 15 is 0 Å². The van der Waals surface area contributed by atoms with Crippen LogP contribution in [-0.2, 0) is 19.6 Å². The zero-order chi connectivity index (χ0) is 20.2. The fourth-order valence-electron chi connectivity index (χ4n) is 2.39. The summed E-state index contributed by atoms with van der Waals surface area (Å²) in [4.78, 5) is 23.8. The number of hydrogen-bond donors (Lipinski definition) is 1. The van der Waals surface area contributed by atoms with E-state index in [0.717, 1.165) is 41.0 Å². The highest BCUT2D eigenvalue weighted by molar-refractivity contribution is 7.89. The Balaban J connectivity index is 1.92. The van der Waals surface area contributed by atoms with Crippen molar-refractivity contribution in [2.45, 2.75) is 25.7 Å². The molecule has 0 saturated heterocycles. The Kier molecular flexibility index (Phi) is 6.45. The molecule has 2 rings (SSSR count). The van der Waals surface area contributed by atoms with E-state index in [0.29, 0.717) is 5.56 Å². The van der Waals surface area contributed by atoms with Gasteiger partial charge in [0.1, 0.15) is 12.4 Å². The van der Waals surface area contributed by atoms with E-state index in [4.69, 9.17) is 4.74 Å². The second kappa shape index (κ2) is 8.41. The molecule has 144 valence electrons. The number of rotatable bonds is 7. The molecule has 0 amide bonds. The molecule has 0 heterocycles. The first-order valence-electron chi connectivity index (χ1n) is 8.12. The molecule has 0 atom stereocenters. The minimum absolute atomic E-state index is 0.182. The summed E-state index contributed by atoms with van der Waals surface area (Å²) in [6, 6.07) is 7.76. The molecule has 27 heavy (non-hydrogen) atoms.